The molecule has 1 aromatic rings. The standard InChI is InChI=1S/C16H25NO3/c1-5-16(4,11-18)17-15(19)9-10-20-14-8-6-7-12(2)13(14)3/h6-8,18H,5,9-11H2,1-4H3,(H,17,19). The van der Waals surface area contributed by atoms with Gasteiger partial charge in [0.05, 0.1) is 25.2 Å². The second kappa shape index (κ2) is 7.29. The summed E-state index contributed by atoms with van der Waals surface area (Å²) in [5.74, 6) is 0.715. The third-order valence-corrected chi connectivity index (χ3v) is 3.71. The molecule has 4 nitrogen and oxygen atoms in total. The lowest BCUT2D eigenvalue weighted by Crippen LogP contribution is -2.48. The third kappa shape index (κ3) is 4.53. The summed E-state index contributed by atoms with van der Waals surface area (Å²) in [6, 6.07) is 5.88. The van der Waals surface area contributed by atoms with Crippen LogP contribution in [0.3, 0.4) is 0 Å². The molecule has 1 rings (SSSR count). The predicted molar refractivity (Wildman–Crippen MR) is 80.0 cm³/mol. The molecule has 112 valence electrons. The third-order valence-electron chi connectivity index (χ3n) is 3.71. The first-order valence-electron chi connectivity index (χ1n) is 7.02. The Bertz CT molecular complexity index is 453. The summed E-state index contributed by atoms with van der Waals surface area (Å²) < 4.78 is 5.65. The molecule has 0 spiro atoms. The summed E-state index contributed by atoms with van der Waals surface area (Å²) in [4.78, 5) is 11.8. The topological polar surface area (TPSA) is 58.6 Å². The summed E-state index contributed by atoms with van der Waals surface area (Å²) in [5, 5.41) is 12.1. The molecule has 0 aliphatic carbocycles. The van der Waals surface area contributed by atoms with Crippen molar-refractivity contribution in [2.75, 3.05) is 13.2 Å². The van der Waals surface area contributed by atoms with Crippen LogP contribution in [-0.4, -0.2) is 29.8 Å². The summed E-state index contributed by atoms with van der Waals surface area (Å²) in [6.07, 6.45) is 0.968. The van der Waals surface area contributed by atoms with E-state index in [2.05, 4.69) is 5.32 Å². The van der Waals surface area contributed by atoms with Crippen molar-refractivity contribution >= 4 is 5.91 Å². The number of nitrogens with one attached hydrogen (secondary N) is 1. The minimum atomic E-state index is -0.545. The second-order valence-corrected chi connectivity index (χ2v) is 5.42. The van der Waals surface area contributed by atoms with Crippen molar-refractivity contribution in [2.45, 2.75) is 46.1 Å². The van der Waals surface area contributed by atoms with E-state index in [1.165, 1.54) is 5.56 Å². The van der Waals surface area contributed by atoms with Gasteiger partial charge in [-0.2, -0.15) is 0 Å². The average molecular weight is 279 g/mol. The molecule has 0 radical (unpaired) electrons. The molecular weight excluding hydrogens is 254 g/mol. The van der Waals surface area contributed by atoms with Crippen molar-refractivity contribution < 1.29 is 14.6 Å². The maximum absolute atomic E-state index is 11.8. The van der Waals surface area contributed by atoms with Crippen molar-refractivity contribution in [3.05, 3.63) is 29.3 Å². The van der Waals surface area contributed by atoms with Gasteiger partial charge in [-0.15, -0.1) is 0 Å². The van der Waals surface area contributed by atoms with Crippen LogP contribution in [0.15, 0.2) is 18.2 Å². The molecule has 0 heterocycles. The van der Waals surface area contributed by atoms with E-state index in [4.69, 9.17) is 4.74 Å². The SMILES string of the molecule is CCC(C)(CO)NC(=O)CCOc1cccc(C)c1C. The number of aryl methyl sites for hydroxylation is 1. The average Bonchev–Trinajstić information content (AvgIpc) is 2.43. The molecule has 1 amide bonds. The monoisotopic (exact) mass is 279 g/mol. The lowest BCUT2D eigenvalue weighted by atomic mass is 10.0. The van der Waals surface area contributed by atoms with E-state index < -0.39 is 5.54 Å². The lowest BCUT2D eigenvalue weighted by molar-refractivity contribution is -0.123. The zero-order valence-corrected chi connectivity index (χ0v) is 12.8. The van der Waals surface area contributed by atoms with Gasteiger partial charge in [0.25, 0.3) is 0 Å². The van der Waals surface area contributed by atoms with E-state index in [1.807, 2.05) is 45.9 Å². The molecule has 1 unspecified atom stereocenters. The Morgan fingerprint density at radius 1 is 1.40 bits per heavy atom. The van der Waals surface area contributed by atoms with Crippen molar-refractivity contribution in [2.24, 2.45) is 0 Å². The van der Waals surface area contributed by atoms with Gasteiger partial charge in [-0.3, -0.25) is 4.79 Å². The number of rotatable bonds is 7. The van der Waals surface area contributed by atoms with E-state index in [-0.39, 0.29) is 18.9 Å². The first-order chi connectivity index (χ1) is 9.41. The van der Waals surface area contributed by atoms with Crippen LogP contribution in [0.25, 0.3) is 0 Å². The van der Waals surface area contributed by atoms with Gasteiger partial charge in [-0.25, -0.2) is 0 Å². The van der Waals surface area contributed by atoms with Gasteiger partial charge in [0.2, 0.25) is 5.91 Å². The normalized spacial score (nSPS) is 13.7. The van der Waals surface area contributed by atoms with Crippen molar-refractivity contribution in [1.82, 2.24) is 5.32 Å². The molecule has 1 atom stereocenters. The maximum Gasteiger partial charge on any atom is 0.223 e. The molecule has 0 aliphatic heterocycles. The highest BCUT2D eigenvalue weighted by Gasteiger charge is 2.22. The van der Waals surface area contributed by atoms with E-state index >= 15 is 0 Å². The Morgan fingerprint density at radius 3 is 2.70 bits per heavy atom. The van der Waals surface area contributed by atoms with Gasteiger partial charge in [0.1, 0.15) is 5.75 Å². The molecule has 2 N–H and O–H groups in total. The summed E-state index contributed by atoms with van der Waals surface area (Å²) in [7, 11) is 0. The number of carbonyl (C=O) groups is 1. The fourth-order valence-electron chi connectivity index (χ4n) is 1.77. The van der Waals surface area contributed by atoms with Crippen LogP contribution in [0.1, 0.15) is 37.8 Å². The van der Waals surface area contributed by atoms with E-state index in [0.29, 0.717) is 13.0 Å². The van der Waals surface area contributed by atoms with Crippen LogP contribution in [-0.2, 0) is 4.79 Å². The molecule has 0 aromatic heterocycles. The van der Waals surface area contributed by atoms with Gasteiger partial charge >= 0.3 is 0 Å². The highest BCUT2D eigenvalue weighted by Crippen LogP contribution is 2.20. The molecule has 0 bridgehead atoms. The maximum atomic E-state index is 11.8. The van der Waals surface area contributed by atoms with Crippen molar-refractivity contribution in [3.63, 3.8) is 0 Å². The van der Waals surface area contributed by atoms with Crippen LogP contribution in [0.5, 0.6) is 5.75 Å². The molecule has 1 aromatic carbocycles. The number of benzene rings is 1. The molecule has 0 saturated heterocycles. The first-order valence-corrected chi connectivity index (χ1v) is 7.02. The van der Waals surface area contributed by atoms with Gasteiger partial charge < -0.3 is 15.2 Å². The second-order valence-electron chi connectivity index (χ2n) is 5.42. The quantitative estimate of drug-likeness (QED) is 0.805. The molecule has 4 heteroatoms. The smallest absolute Gasteiger partial charge is 0.223 e. The minimum Gasteiger partial charge on any atom is -0.493 e. The highest BCUT2D eigenvalue weighted by atomic mass is 16.5. The lowest BCUT2D eigenvalue weighted by Gasteiger charge is -2.27. The molecule has 0 aliphatic rings. The predicted octanol–water partition coefficient (Wildman–Crippen LogP) is 2.35. The summed E-state index contributed by atoms with van der Waals surface area (Å²) in [5.41, 5.74) is 1.73. The Balaban J connectivity index is 2.45. The number of hydrogen-bond donors (Lipinski definition) is 2. The van der Waals surface area contributed by atoms with E-state index in [1.54, 1.807) is 0 Å². The number of aliphatic hydroxyl groups is 1. The number of ether oxygens (including phenoxy) is 1. The largest absolute Gasteiger partial charge is 0.493 e. The van der Waals surface area contributed by atoms with Crippen LogP contribution in [0, 0.1) is 13.8 Å². The number of carbonyl (C=O) groups excluding carboxylic acids is 1. The fraction of sp³-hybridized carbons (Fsp3) is 0.562. The zero-order valence-electron chi connectivity index (χ0n) is 12.8. The van der Waals surface area contributed by atoms with Crippen molar-refractivity contribution in [3.8, 4) is 5.75 Å². The number of amides is 1. The van der Waals surface area contributed by atoms with Crippen molar-refractivity contribution in [1.29, 1.82) is 0 Å². The Labute approximate surface area is 121 Å². The minimum absolute atomic E-state index is 0.0624. The summed E-state index contributed by atoms with van der Waals surface area (Å²) in [6.45, 7) is 8.07. The van der Waals surface area contributed by atoms with Crippen LogP contribution < -0.4 is 10.1 Å². The van der Waals surface area contributed by atoms with Gasteiger partial charge in [0.15, 0.2) is 0 Å². The fourth-order valence-corrected chi connectivity index (χ4v) is 1.77. The van der Waals surface area contributed by atoms with Crippen LogP contribution in [0.4, 0.5) is 0 Å². The van der Waals surface area contributed by atoms with Gasteiger partial charge in [-0.05, 0) is 44.4 Å². The Hall–Kier alpha value is -1.55. The number of hydrogen-bond acceptors (Lipinski definition) is 3. The van der Waals surface area contributed by atoms with Crippen LogP contribution >= 0.6 is 0 Å². The molecule has 20 heavy (non-hydrogen) atoms. The summed E-state index contributed by atoms with van der Waals surface area (Å²) >= 11 is 0. The zero-order chi connectivity index (χ0) is 15.2. The molecule has 0 saturated carbocycles. The molecular formula is C16H25NO3. The Morgan fingerprint density at radius 2 is 2.10 bits per heavy atom. The van der Waals surface area contributed by atoms with E-state index in [0.717, 1.165) is 11.3 Å². The first kappa shape index (κ1) is 16.5. The van der Waals surface area contributed by atoms with Gasteiger partial charge in [0, 0.05) is 0 Å². The van der Waals surface area contributed by atoms with Crippen LogP contribution in [0.2, 0.25) is 0 Å². The van der Waals surface area contributed by atoms with E-state index in [9.17, 15) is 9.90 Å². The Kier molecular flexibility index (Phi) is 6.02. The molecule has 0 fully saturated rings. The highest BCUT2D eigenvalue weighted by molar-refractivity contribution is 5.76. The number of aliphatic hydroxyl groups excluding tert-OH is 1. The van der Waals surface area contributed by atoms with Gasteiger partial charge in [-0.1, -0.05) is 19.1 Å².